The molecule has 0 aliphatic rings. The van der Waals surface area contributed by atoms with Crippen molar-refractivity contribution in [2.45, 2.75) is 20.4 Å². The van der Waals surface area contributed by atoms with E-state index < -0.39 is 0 Å². The first-order valence-corrected chi connectivity index (χ1v) is 7.81. The van der Waals surface area contributed by atoms with Gasteiger partial charge in [-0.2, -0.15) is 0 Å². The summed E-state index contributed by atoms with van der Waals surface area (Å²) in [6.07, 6.45) is 5.94. The number of nitrogen functional groups attached to an aromatic ring is 1. The summed E-state index contributed by atoms with van der Waals surface area (Å²) in [5, 5.41) is 1.08. The van der Waals surface area contributed by atoms with Gasteiger partial charge in [-0.05, 0) is 36.2 Å². The van der Waals surface area contributed by atoms with Gasteiger partial charge in [0.2, 0.25) is 0 Å². The summed E-state index contributed by atoms with van der Waals surface area (Å²) in [5.41, 5.74) is 9.96. The minimum Gasteiger partial charge on any atom is -0.382 e. The van der Waals surface area contributed by atoms with Crippen molar-refractivity contribution >= 4 is 27.8 Å². The van der Waals surface area contributed by atoms with Crippen LogP contribution in [0.2, 0.25) is 0 Å². The zero-order chi connectivity index (χ0) is 16.0. The number of anilines is 1. The van der Waals surface area contributed by atoms with Crippen LogP contribution in [0.3, 0.4) is 0 Å². The van der Waals surface area contributed by atoms with Crippen LogP contribution >= 0.6 is 0 Å². The van der Waals surface area contributed by atoms with E-state index in [1.165, 1.54) is 0 Å². The van der Waals surface area contributed by atoms with Crippen LogP contribution in [-0.4, -0.2) is 19.1 Å². The van der Waals surface area contributed by atoms with Crippen LogP contribution in [0.15, 0.2) is 49.1 Å². The Morgan fingerprint density at radius 1 is 1.17 bits per heavy atom. The molecule has 0 atom stereocenters. The monoisotopic (exact) mass is 305 g/mol. The second kappa shape index (κ2) is 5.12. The number of aromatic nitrogens is 4. The predicted molar refractivity (Wildman–Crippen MR) is 93.6 cm³/mol. The van der Waals surface area contributed by atoms with Crippen LogP contribution in [0, 0.1) is 5.92 Å². The highest BCUT2D eigenvalue weighted by molar-refractivity contribution is 6.06. The molecule has 4 rings (SSSR count). The Morgan fingerprint density at radius 2 is 1.96 bits per heavy atom. The Kier molecular flexibility index (Phi) is 3.08. The van der Waals surface area contributed by atoms with Gasteiger partial charge >= 0.3 is 0 Å². The normalized spacial score (nSPS) is 11.8. The zero-order valence-electron chi connectivity index (χ0n) is 13.3. The van der Waals surface area contributed by atoms with Crippen molar-refractivity contribution in [3.8, 4) is 5.69 Å². The maximum absolute atomic E-state index is 6.11. The molecule has 0 aliphatic carbocycles. The summed E-state index contributed by atoms with van der Waals surface area (Å²) in [6.45, 7) is 5.30. The molecule has 5 heteroatoms. The van der Waals surface area contributed by atoms with E-state index >= 15 is 0 Å². The molecular formula is C18H19N5. The molecular weight excluding hydrogens is 286 g/mol. The lowest BCUT2D eigenvalue weighted by Gasteiger charge is -2.11. The number of fused-ring (bicyclic) bond motifs is 3. The van der Waals surface area contributed by atoms with E-state index in [4.69, 9.17) is 5.73 Å². The third-order valence-corrected chi connectivity index (χ3v) is 4.02. The van der Waals surface area contributed by atoms with Gasteiger partial charge in [0.05, 0.1) is 17.4 Å². The van der Waals surface area contributed by atoms with E-state index in [0.717, 1.165) is 34.2 Å². The summed E-state index contributed by atoms with van der Waals surface area (Å²) in [4.78, 5) is 8.99. The standard InChI is InChI=1S/C18H19N5/c1-12(2)10-23-11-20-16-17(23)14-9-13(22-7-3-4-8-22)5-6-15(14)21-18(16)19/h3-9,11-12H,10H2,1-2H3,(H2,19,21). The van der Waals surface area contributed by atoms with E-state index in [0.29, 0.717) is 11.7 Å². The van der Waals surface area contributed by atoms with Gasteiger partial charge in [-0.1, -0.05) is 13.8 Å². The van der Waals surface area contributed by atoms with Crippen molar-refractivity contribution < 1.29 is 0 Å². The number of rotatable bonds is 3. The lowest BCUT2D eigenvalue weighted by molar-refractivity contribution is 0.533. The summed E-state index contributed by atoms with van der Waals surface area (Å²) in [6, 6.07) is 10.3. The number of pyridine rings is 1. The third-order valence-electron chi connectivity index (χ3n) is 4.02. The van der Waals surface area contributed by atoms with Gasteiger partial charge < -0.3 is 14.9 Å². The van der Waals surface area contributed by atoms with Gasteiger partial charge in [-0.25, -0.2) is 9.97 Å². The Balaban J connectivity index is 2.04. The highest BCUT2D eigenvalue weighted by atomic mass is 15.1. The smallest absolute Gasteiger partial charge is 0.152 e. The average Bonchev–Trinajstić information content (AvgIpc) is 3.17. The molecule has 0 fully saturated rings. The number of nitrogens with two attached hydrogens (primary N) is 1. The van der Waals surface area contributed by atoms with Gasteiger partial charge in [0.1, 0.15) is 5.52 Å². The van der Waals surface area contributed by atoms with Crippen molar-refractivity contribution in [2.24, 2.45) is 5.92 Å². The topological polar surface area (TPSA) is 61.7 Å². The van der Waals surface area contributed by atoms with E-state index in [9.17, 15) is 0 Å². The van der Waals surface area contributed by atoms with Crippen molar-refractivity contribution in [3.63, 3.8) is 0 Å². The average molecular weight is 305 g/mol. The second-order valence-corrected chi connectivity index (χ2v) is 6.28. The van der Waals surface area contributed by atoms with Crippen LogP contribution in [0.4, 0.5) is 5.82 Å². The third kappa shape index (κ3) is 2.25. The Morgan fingerprint density at radius 3 is 2.70 bits per heavy atom. The largest absolute Gasteiger partial charge is 0.382 e. The fourth-order valence-electron chi connectivity index (χ4n) is 3.05. The molecule has 5 nitrogen and oxygen atoms in total. The van der Waals surface area contributed by atoms with Crippen LogP contribution in [-0.2, 0) is 6.54 Å². The van der Waals surface area contributed by atoms with Crippen LogP contribution < -0.4 is 5.73 Å². The summed E-state index contributed by atoms with van der Waals surface area (Å²) in [7, 11) is 0. The van der Waals surface area contributed by atoms with Crippen LogP contribution in [0.1, 0.15) is 13.8 Å². The van der Waals surface area contributed by atoms with Crippen molar-refractivity contribution in [2.75, 3.05) is 5.73 Å². The van der Waals surface area contributed by atoms with Crippen molar-refractivity contribution in [1.82, 2.24) is 19.1 Å². The Hall–Kier alpha value is -2.82. The molecule has 1 aromatic carbocycles. The van der Waals surface area contributed by atoms with Gasteiger partial charge in [-0.3, -0.25) is 0 Å². The molecule has 0 saturated carbocycles. The van der Waals surface area contributed by atoms with Gasteiger partial charge in [0, 0.05) is 30.0 Å². The highest BCUT2D eigenvalue weighted by Crippen LogP contribution is 2.29. The van der Waals surface area contributed by atoms with E-state index in [1.54, 1.807) is 0 Å². The number of nitrogens with zero attached hydrogens (tertiary/aromatic N) is 4. The Bertz CT molecular complexity index is 980. The van der Waals surface area contributed by atoms with Crippen LogP contribution in [0.25, 0.3) is 27.6 Å². The van der Waals surface area contributed by atoms with Gasteiger partial charge in [0.15, 0.2) is 5.82 Å². The minimum atomic E-state index is 0.490. The SMILES string of the molecule is CC(C)Cn1cnc2c(N)nc3ccc(-n4cccc4)cc3c21. The lowest BCUT2D eigenvalue weighted by Crippen LogP contribution is -2.04. The molecule has 0 saturated heterocycles. The predicted octanol–water partition coefficient (Wildman–Crippen LogP) is 3.61. The maximum Gasteiger partial charge on any atom is 0.152 e. The molecule has 3 aromatic heterocycles. The van der Waals surface area contributed by atoms with Gasteiger partial charge in [0.25, 0.3) is 0 Å². The molecule has 0 spiro atoms. The zero-order valence-corrected chi connectivity index (χ0v) is 13.3. The highest BCUT2D eigenvalue weighted by Gasteiger charge is 2.13. The molecule has 0 amide bonds. The number of imidazole rings is 1. The van der Waals surface area contributed by atoms with Crippen molar-refractivity contribution in [1.29, 1.82) is 0 Å². The minimum absolute atomic E-state index is 0.490. The molecule has 0 aliphatic heterocycles. The fourth-order valence-corrected chi connectivity index (χ4v) is 3.05. The lowest BCUT2D eigenvalue weighted by atomic mass is 10.1. The maximum atomic E-state index is 6.11. The summed E-state index contributed by atoms with van der Waals surface area (Å²) >= 11 is 0. The van der Waals surface area contributed by atoms with Crippen molar-refractivity contribution in [3.05, 3.63) is 49.1 Å². The number of benzene rings is 1. The molecule has 116 valence electrons. The van der Waals surface area contributed by atoms with Gasteiger partial charge in [-0.15, -0.1) is 0 Å². The molecule has 2 N–H and O–H groups in total. The molecule has 0 unspecified atom stereocenters. The molecule has 0 radical (unpaired) electrons. The molecule has 23 heavy (non-hydrogen) atoms. The summed E-state index contributed by atoms with van der Waals surface area (Å²) < 4.78 is 4.27. The number of hydrogen-bond donors (Lipinski definition) is 1. The second-order valence-electron chi connectivity index (χ2n) is 6.28. The number of hydrogen-bond acceptors (Lipinski definition) is 3. The molecule has 0 bridgehead atoms. The first kappa shape index (κ1) is 13.8. The van der Waals surface area contributed by atoms with Crippen LogP contribution in [0.5, 0.6) is 0 Å². The Labute approximate surface area is 134 Å². The van der Waals surface area contributed by atoms with E-state index in [-0.39, 0.29) is 0 Å². The van der Waals surface area contributed by atoms with E-state index in [1.807, 2.05) is 36.9 Å². The first-order valence-electron chi connectivity index (χ1n) is 7.81. The van der Waals surface area contributed by atoms with E-state index in [2.05, 4.69) is 45.1 Å². The fraction of sp³-hybridized carbons (Fsp3) is 0.222. The first-order chi connectivity index (χ1) is 11.1. The summed E-state index contributed by atoms with van der Waals surface area (Å²) in [5.74, 6) is 1.02. The molecule has 3 heterocycles. The quantitative estimate of drug-likeness (QED) is 0.629. The molecule has 4 aromatic rings.